The number of hydrogen-bond acceptors (Lipinski definition) is 3. The fourth-order valence-corrected chi connectivity index (χ4v) is 1.85. The van der Waals surface area contributed by atoms with Crippen molar-refractivity contribution in [2.24, 2.45) is 0 Å². The van der Waals surface area contributed by atoms with Gasteiger partial charge in [0.15, 0.2) is 0 Å². The summed E-state index contributed by atoms with van der Waals surface area (Å²) in [5, 5.41) is 0. The van der Waals surface area contributed by atoms with Gasteiger partial charge in [-0.15, -0.1) is 0 Å². The second-order valence-electron chi connectivity index (χ2n) is 4.24. The molecule has 1 aromatic heterocycles. The Hall–Kier alpha value is -2.24. The minimum atomic E-state index is -2.86. The quantitative estimate of drug-likeness (QED) is 0.936. The average molecular weight is 280 g/mol. The third kappa shape index (κ3) is 3.01. The minimum Gasteiger partial charge on any atom is -0.435 e. The van der Waals surface area contributed by atoms with E-state index in [2.05, 4.69) is 14.7 Å². The Morgan fingerprint density at radius 2 is 1.95 bits per heavy atom. The van der Waals surface area contributed by atoms with E-state index < -0.39 is 6.61 Å². The van der Waals surface area contributed by atoms with Crippen molar-refractivity contribution in [1.82, 2.24) is 9.97 Å². The molecule has 6 heteroatoms. The standard InChI is InChI=1S/C14H14F2N2O2/c1-3-11-8(2)13(19)18-12(17-11)9-4-6-10(7-5-9)20-14(15)16/h4-7,14H,3H2,1-2H3,(H,17,18,19). The lowest BCUT2D eigenvalue weighted by Gasteiger charge is -2.07. The summed E-state index contributed by atoms with van der Waals surface area (Å²) in [5.41, 5.74) is 1.75. The Morgan fingerprint density at radius 3 is 2.50 bits per heavy atom. The Labute approximate surface area is 114 Å². The summed E-state index contributed by atoms with van der Waals surface area (Å²) in [7, 11) is 0. The van der Waals surface area contributed by atoms with E-state index >= 15 is 0 Å². The molecule has 4 nitrogen and oxygen atoms in total. The van der Waals surface area contributed by atoms with Gasteiger partial charge in [0.2, 0.25) is 0 Å². The summed E-state index contributed by atoms with van der Waals surface area (Å²) in [4.78, 5) is 18.8. The number of H-pyrrole nitrogens is 1. The van der Waals surface area contributed by atoms with Crippen LogP contribution in [0.1, 0.15) is 18.2 Å². The summed E-state index contributed by atoms with van der Waals surface area (Å²) in [5.74, 6) is 0.481. The molecule has 0 aliphatic carbocycles. The van der Waals surface area contributed by atoms with Gasteiger partial charge in [-0.25, -0.2) is 4.98 Å². The number of aryl methyl sites for hydroxylation is 1. The van der Waals surface area contributed by atoms with Crippen LogP contribution in [0.4, 0.5) is 8.78 Å². The molecule has 106 valence electrons. The molecule has 1 heterocycles. The van der Waals surface area contributed by atoms with Crippen LogP contribution in [-0.4, -0.2) is 16.6 Å². The van der Waals surface area contributed by atoms with E-state index in [-0.39, 0.29) is 11.3 Å². The first kappa shape index (κ1) is 14.2. The Morgan fingerprint density at radius 1 is 1.30 bits per heavy atom. The summed E-state index contributed by atoms with van der Waals surface area (Å²) >= 11 is 0. The van der Waals surface area contributed by atoms with Crippen LogP contribution in [0.5, 0.6) is 5.75 Å². The first-order valence-corrected chi connectivity index (χ1v) is 6.16. The smallest absolute Gasteiger partial charge is 0.387 e. The van der Waals surface area contributed by atoms with E-state index in [1.807, 2.05) is 6.92 Å². The zero-order valence-electron chi connectivity index (χ0n) is 11.1. The van der Waals surface area contributed by atoms with Gasteiger partial charge in [-0.3, -0.25) is 4.79 Å². The highest BCUT2D eigenvalue weighted by Crippen LogP contribution is 2.20. The SMILES string of the molecule is CCc1nc(-c2ccc(OC(F)F)cc2)[nH]c(=O)c1C. The van der Waals surface area contributed by atoms with Gasteiger partial charge in [0.05, 0.1) is 5.69 Å². The highest BCUT2D eigenvalue weighted by atomic mass is 19.3. The molecule has 0 amide bonds. The largest absolute Gasteiger partial charge is 0.435 e. The van der Waals surface area contributed by atoms with Crippen molar-refractivity contribution in [2.45, 2.75) is 26.9 Å². The van der Waals surface area contributed by atoms with Crippen LogP contribution < -0.4 is 10.3 Å². The highest BCUT2D eigenvalue weighted by Gasteiger charge is 2.09. The third-order valence-corrected chi connectivity index (χ3v) is 2.94. The number of nitrogens with zero attached hydrogens (tertiary/aromatic N) is 1. The lowest BCUT2D eigenvalue weighted by Crippen LogP contribution is -2.15. The summed E-state index contributed by atoms with van der Waals surface area (Å²) in [6.07, 6.45) is 0.648. The maximum atomic E-state index is 12.1. The van der Waals surface area contributed by atoms with Crippen molar-refractivity contribution in [2.75, 3.05) is 0 Å². The number of benzene rings is 1. The first-order chi connectivity index (χ1) is 9.51. The van der Waals surface area contributed by atoms with Gasteiger partial charge in [0.25, 0.3) is 5.56 Å². The summed E-state index contributed by atoms with van der Waals surface area (Å²) < 4.78 is 28.4. The predicted octanol–water partition coefficient (Wildman–Crippen LogP) is 2.91. The monoisotopic (exact) mass is 280 g/mol. The molecule has 0 saturated carbocycles. The number of alkyl halides is 2. The lowest BCUT2D eigenvalue weighted by molar-refractivity contribution is -0.0498. The van der Waals surface area contributed by atoms with Crippen LogP contribution in [0.15, 0.2) is 29.1 Å². The Kier molecular flexibility index (Phi) is 4.12. The maximum Gasteiger partial charge on any atom is 0.387 e. The van der Waals surface area contributed by atoms with Crippen molar-refractivity contribution in [3.63, 3.8) is 0 Å². The third-order valence-electron chi connectivity index (χ3n) is 2.94. The number of halogens is 2. The van der Waals surface area contributed by atoms with E-state index in [9.17, 15) is 13.6 Å². The Balaban J connectivity index is 2.37. The topological polar surface area (TPSA) is 55.0 Å². The highest BCUT2D eigenvalue weighted by molar-refractivity contribution is 5.56. The number of hydrogen-bond donors (Lipinski definition) is 1. The summed E-state index contributed by atoms with van der Waals surface area (Å²) in [6.45, 7) is 0.774. The number of ether oxygens (including phenoxy) is 1. The average Bonchev–Trinajstić information content (AvgIpc) is 2.42. The van der Waals surface area contributed by atoms with E-state index in [1.165, 1.54) is 12.1 Å². The van der Waals surface area contributed by atoms with Gasteiger partial charge in [-0.1, -0.05) is 6.92 Å². The van der Waals surface area contributed by atoms with Crippen molar-refractivity contribution >= 4 is 0 Å². The molecule has 2 aromatic rings. The van der Waals surface area contributed by atoms with Crippen LogP contribution in [0.3, 0.4) is 0 Å². The van der Waals surface area contributed by atoms with Crippen LogP contribution in [0, 0.1) is 6.92 Å². The van der Waals surface area contributed by atoms with Crippen molar-refractivity contribution in [3.05, 3.63) is 45.9 Å². The molecule has 0 fully saturated rings. The Bertz CT molecular complexity index is 651. The number of aromatic amines is 1. The van der Waals surface area contributed by atoms with E-state index in [0.717, 1.165) is 5.69 Å². The number of nitrogens with one attached hydrogen (secondary N) is 1. The van der Waals surface area contributed by atoms with Crippen LogP contribution >= 0.6 is 0 Å². The fourth-order valence-electron chi connectivity index (χ4n) is 1.85. The van der Waals surface area contributed by atoms with Gasteiger partial charge >= 0.3 is 6.61 Å². The van der Waals surface area contributed by atoms with Gasteiger partial charge < -0.3 is 9.72 Å². The molecule has 0 aliphatic heterocycles. The lowest BCUT2D eigenvalue weighted by atomic mass is 10.1. The maximum absolute atomic E-state index is 12.1. The molecular weight excluding hydrogens is 266 g/mol. The molecule has 0 aliphatic rings. The molecule has 1 aromatic carbocycles. The van der Waals surface area contributed by atoms with Crippen LogP contribution in [0.2, 0.25) is 0 Å². The number of rotatable bonds is 4. The molecule has 20 heavy (non-hydrogen) atoms. The zero-order chi connectivity index (χ0) is 14.7. The zero-order valence-corrected chi connectivity index (χ0v) is 11.1. The van der Waals surface area contributed by atoms with Gasteiger partial charge in [-0.2, -0.15) is 8.78 Å². The molecular formula is C14H14F2N2O2. The van der Waals surface area contributed by atoms with Crippen LogP contribution in [-0.2, 0) is 6.42 Å². The van der Waals surface area contributed by atoms with Gasteiger partial charge in [0.1, 0.15) is 11.6 Å². The van der Waals surface area contributed by atoms with Crippen molar-refractivity contribution in [3.8, 4) is 17.1 Å². The van der Waals surface area contributed by atoms with Crippen molar-refractivity contribution < 1.29 is 13.5 Å². The first-order valence-electron chi connectivity index (χ1n) is 6.16. The molecule has 0 unspecified atom stereocenters. The summed E-state index contributed by atoms with van der Waals surface area (Å²) in [6, 6.07) is 5.97. The fraction of sp³-hybridized carbons (Fsp3) is 0.286. The van der Waals surface area contributed by atoms with E-state index in [4.69, 9.17) is 0 Å². The van der Waals surface area contributed by atoms with Gasteiger partial charge in [-0.05, 0) is 37.6 Å². The van der Waals surface area contributed by atoms with Crippen LogP contribution in [0.25, 0.3) is 11.4 Å². The van der Waals surface area contributed by atoms with E-state index in [1.54, 1.807) is 19.1 Å². The van der Waals surface area contributed by atoms with Crippen molar-refractivity contribution in [1.29, 1.82) is 0 Å². The minimum absolute atomic E-state index is 0.0638. The molecule has 0 saturated heterocycles. The predicted molar refractivity (Wildman–Crippen MR) is 71.0 cm³/mol. The molecule has 0 spiro atoms. The van der Waals surface area contributed by atoms with E-state index in [0.29, 0.717) is 23.4 Å². The number of aromatic nitrogens is 2. The molecule has 1 N–H and O–H groups in total. The second kappa shape index (κ2) is 5.81. The molecule has 0 radical (unpaired) electrons. The molecule has 2 rings (SSSR count). The normalized spacial score (nSPS) is 10.8. The molecule has 0 atom stereocenters. The second-order valence-corrected chi connectivity index (χ2v) is 4.24. The molecule has 0 bridgehead atoms. The van der Waals surface area contributed by atoms with Gasteiger partial charge in [0, 0.05) is 11.1 Å².